The fraction of sp³-hybridized carbons (Fsp3) is 0.538. The van der Waals surface area contributed by atoms with Crippen LogP contribution in [0.15, 0.2) is 18.2 Å². The smallest absolute Gasteiger partial charge is 0.127 e. The monoisotopic (exact) mass is 225 g/mol. The quantitative estimate of drug-likeness (QED) is 0.779. The van der Waals surface area contributed by atoms with Crippen molar-refractivity contribution in [2.24, 2.45) is 0 Å². The van der Waals surface area contributed by atoms with Gasteiger partial charge in [0.25, 0.3) is 0 Å². The number of halogens is 1. The minimum atomic E-state index is -0.169. The summed E-state index contributed by atoms with van der Waals surface area (Å²) in [6.07, 6.45) is 1.65. The van der Waals surface area contributed by atoms with Gasteiger partial charge in [-0.15, -0.1) is 0 Å². The molecule has 1 atom stereocenters. The molecule has 0 saturated carbocycles. The summed E-state index contributed by atoms with van der Waals surface area (Å²) in [5.74, 6) is -0.169. The van der Waals surface area contributed by atoms with E-state index in [9.17, 15) is 4.39 Å². The lowest BCUT2D eigenvalue weighted by atomic mass is 10.1. The third-order valence-corrected chi connectivity index (χ3v) is 2.75. The fourth-order valence-electron chi connectivity index (χ4n) is 1.70. The van der Waals surface area contributed by atoms with E-state index in [1.807, 2.05) is 13.0 Å². The highest BCUT2D eigenvalue weighted by molar-refractivity contribution is 5.23. The summed E-state index contributed by atoms with van der Waals surface area (Å²) in [7, 11) is 0. The lowest BCUT2D eigenvalue weighted by Gasteiger charge is -2.16. The van der Waals surface area contributed by atoms with Crippen molar-refractivity contribution in [2.75, 3.05) is 6.61 Å². The maximum atomic E-state index is 13.4. The molecular weight excluding hydrogens is 205 g/mol. The Balaban J connectivity index is 2.55. The molecule has 16 heavy (non-hydrogen) atoms. The van der Waals surface area contributed by atoms with Crippen molar-refractivity contribution in [3.63, 3.8) is 0 Å². The van der Waals surface area contributed by atoms with Gasteiger partial charge < -0.3 is 10.4 Å². The number of aliphatic hydroxyl groups excluding tert-OH is 1. The Hall–Kier alpha value is -0.930. The molecule has 0 bridgehead atoms. The first-order chi connectivity index (χ1) is 7.67. The minimum absolute atomic E-state index is 0.168. The van der Waals surface area contributed by atoms with E-state index in [2.05, 4.69) is 12.2 Å². The van der Waals surface area contributed by atoms with Gasteiger partial charge in [0, 0.05) is 24.8 Å². The zero-order valence-electron chi connectivity index (χ0n) is 9.96. The molecule has 1 aromatic carbocycles. The molecular formula is C13H20FNO. The minimum Gasteiger partial charge on any atom is -0.396 e. The molecule has 2 nitrogen and oxygen atoms in total. The van der Waals surface area contributed by atoms with Gasteiger partial charge in [-0.2, -0.15) is 0 Å². The topological polar surface area (TPSA) is 32.3 Å². The van der Waals surface area contributed by atoms with Crippen molar-refractivity contribution < 1.29 is 9.50 Å². The second-order valence-electron chi connectivity index (χ2n) is 4.09. The van der Waals surface area contributed by atoms with Crippen LogP contribution >= 0.6 is 0 Å². The molecule has 90 valence electrons. The van der Waals surface area contributed by atoms with E-state index in [4.69, 9.17) is 5.11 Å². The molecule has 1 aromatic rings. The van der Waals surface area contributed by atoms with Crippen LogP contribution in [0.4, 0.5) is 4.39 Å². The third kappa shape index (κ3) is 3.91. The van der Waals surface area contributed by atoms with Crippen LogP contribution in [0.3, 0.4) is 0 Å². The van der Waals surface area contributed by atoms with Crippen LogP contribution in [0, 0.1) is 12.7 Å². The van der Waals surface area contributed by atoms with Crippen molar-refractivity contribution >= 4 is 0 Å². The lowest BCUT2D eigenvalue weighted by Crippen LogP contribution is -2.29. The van der Waals surface area contributed by atoms with Gasteiger partial charge in [-0.05, 0) is 25.8 Å². The molecule has 3 heteroatoms. The van der Waals surface area contributed by atoms with Gasteiger partial charge in [0.1, 0.15) is 5.82 Å². The van der Waals surface area contributed by atoms with Gasteiger partial charge in [-0.25, -0.2) is 4.39 Å². The molecule has 0 aromatic heterocycles. The van der Waals surface area contributed by atoms with E-state index in [1.54, 1.807) is 6.07 Å². The molecule has 2 N–H and O–H groups in total. The summed E-state index contributed by atoms with van der Waals surface area (Å²) < 4.78 is 13.4. The predicted molar refractivity (Wildman–Crippen MR) is 63.8 cm³/mol. The molecule has 1 unspecified atom stereocenters. The number of benzene rings is 1. The summed E-state index contributed by atoms with van der Waals surface area (Å²) in [4.78, 5) is 0. The van der Waals surface area contributed by atoms with Crippen LogP contribution in [0.5, 0.6) is 0 Å². The molecule has 0 fully saturated rings. The van der Waals surface area contributed by atoms with Gasteiger partial charge in [-0.3, -0.25) is 0 Å². The largest absolute Gasteiger partial charge is 0.396 e. The number of hydrogen-bond acceptors (Lipinski definition) is 2. The number of hydrogen-bond donors (Lipinski definition) is 2. The van der Waals surface area contributed by atoms with Crippen molar-refractivity contribution in [1.82, 2.24) is 5.32 Å². The Morgan fingerprint density at radius 2 is 2.19 bits per heavy atom. The highest BCUT2D eigenvalue weighted by atomic mass is 19.1. The van der Waals surface area contributed by atoms with E-state index < -0.39 is 0 Å². The molecule has 0 heterocycles. The van der Waals surface area contributed by atoms with E-state index in [1.165, 1.54) is 6.07 Å². The van der Waals surface area contributed by atoms with Crippen LogP contribution in [-0.4, -0.2) is 17.8 Å². The third-order valence-electron chi connectivity index (χ3n) is 2.75. The second-order valence-corrected chi connectivity index (χ2v) is 4.09. The maximum absolute atomic E-state index is 13.4. The molecule has 0 radical (unpaired) electrons. The van der Waals surface area contributed by atoms with Gasteiger partial charge in [-0.1, -0.05) is 24.6 Å². The number of aryl methyl sites for hydroxylation is 1. The molecule has 0 spiro atoms. The first-order valence-corrected chi connectivity index (χ1v) is 5.76. The molecule has 0 aliphatic rings. The SMILES string of the molecule is CCC(CCO)NCc1cc(C)ccc1F. The summed E-state index contributed by atoms with van der Waals surface area (Å²) >= 11 is 0. The molecule has 0 amide bonds. The number of aliphatic hydroxyl groups is 1. The van der Waals surface area contributed by atoms with Crippen molar-refractivity contribution in [1.29, 1.82) is 0 Å². The molecule has 0 saturated heterocycles. The van der Waals surface area contributed by atoms with Crippen LogP contribution in [-0.2, 0) is 6.54 Å². The zero-order valence-corrected chi connectivity index (χ0v) is 9.96. The average molecular weight is 225 g/mol. The van der Waals surface area contributed by atoms with E-state index in [0.29, 0.717) is 18.5 Å². The lowest BCUT2D eigenvalue weighted by molar-refractivity contribution is 0.261. The standard InChI is InChI=1S/C13H20FNO/c1-3-12(6-7-16)15-9-11-8-10(2)4-5-13(11)14/h4-5,8,12,15-16H,3,6-7,9H2,1-2H3. The van der Waals surface area contributed by atoms with Crippen LogP contribution in [0.1, 0.15) is 30.9 Å². The highest BCUT2D eigenvalue weighted by Crippen LogP contribution is 2.10. The van der Waals surface area contributed by atoms with Gasteiger partial charge in [0.05, 0.1) is 0 Å². The molecule has 0 aliphatic heterocycles. The van der Waals surface area contributed by atoms with E-state index in [0.717, 1.165) is 12.0 Å². The van der Waals surface area contributed by atoms with Gasteiger partial charge in [0.15, 0.2) is 0 Å². The van der Waals surface area contributed by atoms with E-state index >= 15 is 0 Å². The van der Waals surface area contributed by atoms with Gasteiger partial charge in [0.2, 0.25) is 0 Å². The average Bonchev–Trinajstić information content (AvgIpc) is 2.28. The van der Waals surface area contributed by atoms with Gasteiger partial charge >= 0.3 is 0 Å². The Kier molecular flexibility index (Phi) is 5.43. The first kappa shape index (κ1) is 13.1. The number of nitrogens with one attached hydrogen (secondary N) is 1. The highest BCUT2D eigenvalue weighted by Gasteiger charge is 2.07. The Morgan fingerprint density at radius 3 is 2.81 bits per heavy atom. The predicted octanol–water partition coefficient (Wildman–Crippen LogP) is 2.38. The van der Waals surface area contributed by atoms with Crippen molar-refractivity contribution in [3.05, 3.63) is 35.1 Å². The van der Waals surface area contributed by atoms with Crippen molar-refractivity contribution in [2.45, 2.75) is 39.3 Å². The zero-order chi connectivity index (χ0) is 12.0. The van der Waals surface area contributed by atoms with Crippen molar-refractivity contribution in [3.8, 4) is 0 Å². The number of rotatable bonds is 6. The van der Waals surface area contributed by atoms with Crippen LogP contribution in [0.25, 0.3) is 0 Å². The summed E-state index contributed by atoms with van der Waals surface area (Å²) in [5, 5.41) is 12.1. The first-order valence-electron chi connectivity index (χ1n) is 5.76. The van der Waals surface area contributed by atoms with E-state index in [-0.39, 0.29) is 18.5 Å². The molecule has 0 aliphatic carbocycles. The fourth-order valence-corrected chi connectivity index (χ4v) is 1.70. The Labute approximate surface area is 96.5 Å². The molecule has 1 rings (SSSR count). The Morgan fingerprint density at radius 1 is 1.44 bits per heavy atom. The summed E-state index contributed by atoms with van der Waals surface area (Å²) in [6.45, 7) is 4.70. The Bertz CT molecular complexity index is 328. The summed E-state index contributed by atoms with van der Waals surface area (Å²) in [5.41, 5.74) is 1.75. The summed E-state index contributed by atoms with van der Waals surface area (Å²) in [6, 6.07) is 5.38. The van der Waals surface area contributed by atoms with Crippen LogP contribution in [0.2, 0.25) is 0 Å². The normalized spacial score (nSPS) is 12.8. The second kappa shape index (κ2) is 6.61. The van der Waals surface area contributed by atoms with Crippen LogP contribution < -0.4 is 5.32 Å². The maximum Gasteiger partial charge on any atom is 0.127 e.